The van der Waals surface area contributed by atoms with Crippen LogP contribution in [0.4, 0.5) is 61.5 Å². The van der Waals surface area contributed by atoms with Crippen LogP contribution in [0.25, 0.3) is 0 Å². The highest BCUT2D eigenvalue weighted by atomic mass is 19.4. The minimum Gasteiger partial charge on any atom is -0.462 e. The van der Waals surface area contributed by atoms with E-state index in [1.54, 1.807) is 0 Å². The lowest BCUT2D eigenvalue weighted by Gasteiger charge is -2.34. The summed E-state index contributed by atoms with van der Waals surface area (Å²) < 4.78 is 198. The van der Waals surface area contributed by atoms with Crippen molar-refractivity contribution in [3.63, 3.8) is 0 Å². The molecule has 0 aromatic rings. The molecule has 0 heterocycles. The molecule has 0 bridgehead atoms. The number of rotatable bonds is 13. The second-order valence-electron chi connectivity index (χ2n) is 9.58. The molecular formula is C23H22F14O8. The lowest BCUT2D eigenvalue weighted by atomic mass is 9.74. The molecule has 1 aliphatic carbocycles. The Hall–Kier alpha value is -3.36. The van der Waals surface area contributed by atoms with Crippen LogP contribution in [-0.2, 0) is 38.1 Å². The highest BCUT2D eigenvalue weighted by Gasteiger charge is 2.74. The lowest BCUT2D eigenvalue weighted by molar-refractivity contribution is -0.360. The minimum atomic E-state index is -6.83. The first-order valence-corrected chi connectivity index (χ1v) is 12.1. The standard InChI is InChI=1S/C23H22F14O8/c1-10(2)14(38)42-5-6-43-16(40)12-4-3-11(15(39)44-8-18(24,25)20(28,29)22(32,33)34)7-13(12)17(41)45-9-19(26,27)21(30,31)23(35,36)37/h11-13H,1,3-9H2,2H3. The van der Waals surface area contributed by atoms with Gasteiger partial charge in [-0.15, -0.1) is 0 Å². The quantitative estimate of drug-likeness (QED) is 0.0828. The molecule has 1 rings (SSSR count). The molecule has 1 fully saturated rings. The van der Waals surface area contributed by atoms with Gasteiger partial charge in [0.25, 0.3) is 0 Å². The van der Waals surface area contributed by atoms with E-state index in [0.717, 1.165) is 0 Å². The van der Waals surface area contributed by atoms with Crippen molar-refractivity contribution in [3.8, 4) is 0 Å². The molecule has 0 amide bonds. The van der Waals surface area contributed by atoms with E-state index in [-0.39, 0.29) is 5.57 Å². The number of hydrogen-bond acceptors (Lipinski definition) is 8. The molecule has 0 radical (unpaired) electrons. The fourth-order valence-corrected chi connectivity index (χ4v) is 3.58. The molecule has 0 spiro atoms. The van der Waals surface area contributed by atoms with Crippen LogP contribution in [0.1, 0.15) is 26.2 Å². The van der Waals surface area contributed by atoms with Gasteiger partial charge < -0.3 is 18.9 Å². The van der Waals surface area contributed by atoms with Gasteiger partial charge in [-0.3, -0.25) is 14.4 Å². The van der Waals surface area contributed by atoms with Crippen LogP contribution in [-0.4, -0.2) is 86.3 Å². The molecule has 0 aromatic carbocycles. The second kappa shape index (κ2) is 14.0. The minimum absolute atomic E-state index is 0.0814. The van der Waals surface area contributed by atoms with Gasteiger partial charge in [-0.2, -0.15) is 61.5 Å². The van der Waals surface area contributed by atoms with Crippen LogP contribution in [0.2, 0.25) is 0 Å². The third-order valence-electron chi connectivity index (χ3n) is 6.12. The first kappa shape index (κ1) is 39.7. The molecule has 8 nitrogen and oxygen atoms in total. The van der Waals surface area contributed by atoms with E-state index in [2.05, 4.69) is 20.8 Å². The fraction of sp³-hybridized carbons (Fsp3) is 0.739. The van der Waals surface area contributed by atoms with Gasteiger partial charge in [0.2, 0.25) is 0 Å². The van der Waals surface area contributed by atoms with E-state index in [1.165, 1.54) is 6.92 Å². The zero-order valence-corrected chi connectivity index (χ0v) is 22.4. The Morgan fingerprint density at radius 1 is 0.600 bits per heavy atom. The fourth-order valence-electron chi connectivity index (χ4n) is 3.58. The van der Waals surface area contributed by atoms with Crippen molar-refractivity contribution < 1.29 is 99.6 Å². The highest BCUT2D eigenvalue weighted by molar-refractivity contribution is 5.87. The van der Waals surface area contributed by atoms with Crippen molar-refractivity contribution in [1.82, 2.24) is 0 Å². The van der Waals surface area contributed by atoms with Crippen LogP contribution in [0.15, 0.2) is 12.2 Å². The number of alkyl halides is 14. The maximum atomic E-state index is 13.6. The Morgan fingerprint density at radius 2 is 1.00 bits per heavy atom. The summed E-state index contributed by atoms with van der Waals surface area (Å²) in [6.45, 7) is -2.65. The van der Waals surface area contributed by atoms with Gasteiger partial charge in [-0.1, -0.05) is 6.58 Å². The first-order chi connectivity index (χ1) is 20.1. The SMILES string of the molecule is C=C(C)C(=O)OCCOC(=O)C1CCC(C(=O)OCC(F)(F)C(F)(F)C(F)(F)F)CC1C(=O)OCC(F)(F)C(F)(F)C(F)(F)F. The molecular weight excluding hydrogens is 670 g/mol. The number of carbonyl (C=O) groups excluding carboxylic acids is 4. The predicted octanol–water partition coefficient (Wildman–Crippen LogP) is 5.43. The van der Waals surface area contributed by atoms with Gasteiger partial charge in [0.15, 0.2) is 13.2 Å². The van der Waals surface area contributed by atoms with Crippen LogP contribution in [0, 0.1) is 17.8 Å². The number of halogens is 14. The van der Waals surface area contributed by atoms with Crippen molar-refractivity contribution in [1.29, 1.82) is 0 Å². The van der Waals surface area contributed by atoms with Crippen molar-refractivity contribution in [3.05, 3.63) is 12.2 Å². The predicted molar refractivity (Wildman–Crippen MR) is 115 cm³/mol. The molecule has 1 saturated carbocycles. The monoisotopic (exact) mass is 692 g/mol. The molecule has 1 aliphatic rings. The summed E-state index contributed by atoms with van der Waals surface area (Å²) in [5.74, 6) is -38.0. The zero-order valence-electron chi connectivity index (χ0n) is 22.4. The van der Waals surface area contributed by atoms with E-state index >= 15 is 0 Å². The maximum absolute atomic E-state index is 13.6. The van der Waals surface area contributed by atoms with Crippen molar-refractivity contribution >= 4 is 23.9 Å². The van der Waals surface area contributed by atoms with Gasteiger partial charge in [-0.25, -0.2) is 4.79 Å². The molecule has 0 aromatic heterocycles. The third-order valence-corrected chi connectivity index (χ3v) is 6.12. The summed E-state index contributed by atoms with van der Waals surface area (Å²) in [6, 6.07) is 0. The topological polar surface area (TPSA) is 105 Å². The number of ether oxygens (including phenoxy) is 4. The number of carbonyl (C=O) groups is 4. The summed E-state index contributed by atoms with van der Waals surface area (Å²) in [4.78, 5) is 48.5. The number of hydrogen-bond donors (Lipinski definition) is 0. The van der Waals surface area contributed by atoms with Crippen LogP contribution < -0.4 is 0 Å². The first-order valence-electron chi connectivity index (χ1n) is 12.1. The molecule has 0 N–H and O–H groups in total. The maximum Gasteiger partial charge on any atom is 0.460 e. The van der Waals surface area contributed by atoms with Gasteiger partial charge in [0.1, 0.15) is 13.2 Å². The van der Waals surface area contributed by atoms with E-state index in [9.17, 15) is 80.6 Å². The van der Waals surface area contributed by atoms with E-state index in [0.29, 0.717) is 0 Å². The third kappa shape index (κ3) is 9.33. The Kier molecular flexibility index (Phi) is 12.3. The van der Waals surface area contributed by atoms with Gasteiger partial charge in [0.05, 0.1) is 17.8 Å². The van der Waals surface area contributed by atoms with Crippen molar-refractivity contribution in [2.24, 2.45) is 17.8 Å². The summed E-state index contributed by atoms with van der Waals surface area (Å²) in [7, 11) is 0. The molecule has 0 saturated heterocycles. The van der Waals surface area contributed by atoms with E-state index in [4.69, 9.17) is 4.74 Å². The van der Waals surface area contributed by atoms with Crippen molar-refractivity contribution in [2.75, 3.05) is 26.4 Å². The summed E-state index contributed by atoms with van der Waals surface area (Å²) in [5.41, 5.74) is -0.0814. The molecule has 3 unspecified atom stereocenters. The summed E-state index contributed by atoms with van der Waals surface area (Å²) >= 11 is 0. The Labute approximate surface area is 242 Å². The smallest absolute Gasteiger partial charge is 0.460 e. The molecule has 260 valence electrons. The van der Waals surface area contributed by atoms with Crippen molar-refractivity contribution in [2.45, 2.75) is 62.2 Å². The van der Waals surface area contributed by atoms with Gasteiger partial charge in [-0.05, 0) is 26.2 Å². The molecule has 45 heavy (non-hydrogen) atoms. The Morgan fingerprint density at radius 3 is 1.42 bits per heavy atom. The van der Waals surface area contributed by atoms with Crippen LogP contribution in [0.5, 0.6) is 0 Å². The summed E-state index contributed by atoms with van der Waals surface area (Å²) in [6.07, 6.45) is -16.2. The summed E-state index contributed by atoms with van der Waals surface area (Å²) in [5, 5.41) is 0. The van der Waals surface area contributed by atoms with Crippen LogP contribution in [0.3, 0.4) is 0 Å². The highest BCUT2D eigenvalue weighted by Crippen LogP contribution is 2.48. The lowest BCUT2D eigenvalue weighted by Crippen LogP contribution is -2.55. The Bertz CT molecular complexity index is 1120. The molecule has 3 atom stereocenters. The number of esters is 4. The van der Waals surface area contributed by atoms with E-state index in [1.807, 2.05) is 0 Å². The average Bonchev–Trinajstić information content (AvgIpc) is 2.90. The largest absolute Gasteiger partial charge is 0.462 e. The molecule has 22 heteroatoms. The van der Waals surface area contributed by atoms with E-state index < -0.39 is 123 Å². The van der Waals surface area contributed by atoms with Crippen LogP contribution >= 0.6 is 0 Å². The molecule has 0 aliphatic heterocycles. The second-order valence-corrected chi connectivity index (χ2v) is 9.58. The van der Waals surface area contributed by atoms with Gasteiger partial charge >= 0.3 is 59.9 Å². The normalized spacial score (nSPS) is 20.2. The zero-order chi connectivity index (χ0) is 35.4. The Balaban J connectivity index is 3.12. The van der Waals surface area contributed by atoms with Gasteiger partial charge in [0, 0.05) is 5.57 Å². The average molecular weight is 692 g/mol.